The highest BCUT2D eigenvalue weighted by molar-refractivity contribution is 5.98. The van der Waals surface area contributed by atoms with Crippen molar-refractivity contribution in [3.8, 4) is 0 Å². The molecule has 0 spiro atoms. The lowest BCUT2D eigenvalue weighted by atomic mass is 10.1. The Kier molecular flexibility index (Phi) is 2.51. The van der Waals surface area contributed by atoms with Gasteiger partial charge in [0.2, 0.25) is 5.91 Å². The number of aromatic amines is 1. The molecule has 2 aromatic rings. The SMILES string of the molecule is O=C1CC(NC(=O)c2ccc3cc[nH]c3c2)CN1. The van der Waals surface area contributed by atoms with E-state index in [1.165, 1.54) is 0 Å². The first-order chi connectivity index (χ1) is 8.72. The van der Waals surface area contributed by atoms with E-state index in [-0.39, 0.29) is 17.9 Å². The molecule has 1 fully saturated rings. The molecule has 0 bridgehead atoms. The Balaban J connectivity index is 1.77. The maximum atomic E-state index is 12.0. The molecular formula is C13H13N3O2. The van der Waals surface area contributed by atoms with Crippen molar-refractivity contribution in [3.63, 3.8) is 0 Å². The van der Waals surface area contributed by atoms with Crippen molar-refractivity contribution in [1.82, 2.24) is 15.6 Å². The van der Waals surface area contributed by atoms with Gasteiger partial charge < -0.3 is 15.6 Å². The number of amides is 2. The first kappa shape index (κ1) is 10.8. The summed E-state index contributed by atoms with van der Waals surface area (Å²) in [4.78, 5) is 26.1. The van der Waals surface area contributed by atoms with Gasteiger partial charge >= 0.3 is 0 Å². The van der Waals surface area contributed by atoms with E-state index in [1.54, 1.807) is 6.07 Å². The smallest absolute Gasteiger partial charge is 0.251 e. The fraction of sp³-hybridized carbons (Fsp3) is 0.231. The summed E-state index contributed by atoms with van der Waals surface area (Å²) in [5.74, 6) is -0.159. The average Bonchev–Trinajstić information content (AvgIpc) is 2.96. The van der Waals surface area contributed by atoms with Crippen molar-refractivity contribution < 1.29 is 9.59 Å². The number of H-pyrrole nitrogens is 1. The molecule has 5 heteroatoms. The molecule has 0 aliphatic carbocycles. The van der Waals surface area contributed by atoms with Gasteiger partial charge in [-0.2, -0.15) is 0 Å². The van der Waals surface area contributed by atoms with E-state index in [2.05, 4.69) is 15.6 Å². The number of fused-ring (bicyclic) bond motifs is 1. The van der Waals surface area contributed by atoms with Crippen LogP contribution in [-0.2, 0) is 4.79 Å². The highest BCUT2D eigenvalue weighted by Crippen LogP contribution is 2.14. The topological polar surface area (TPSA) is 74.0 Å². The third-order valence-corrected chi connectivity index (χ3v) is 3.13. The van der Waals surface area contributed by atoms with Crippen LogP contribution in [0.4, 0.5) is 0 Å². The van der Waals surface area contributed by atoms with Crippen LogP contribution in [0.25, 0.3) is 10.9 Å². The molecule has 1 atom stereocenters. The van der Waals surface area contributed by atoms with Gasteiger partial charge in [-0.3, -0.25) is 9.59 Å². The van der Waals surface area contributed by atoms with Gasteiger partial charge in [0.15, 0.2) is 0 Å². The minimum atomic E-state index is -0.145. The molecule has 2 heterocycles. The third-order valence-electron chi connectivity index (χ3n) is 3.13. The molecule has 1 aliphatic heterocycles. The second-order valence-electron chi connectivity index (χ2n) is 4.46. The summed E-state index contributed by atoms with van der Waals surface area (Å²) < 4.78 is 0. The van der Waals surface area contributed by atoms with Crippen LogP contribution < -0.4 is 10.6 Å². The number of hydrogen-bond donors (Lipinski definition) is 3. The zero-order valence-electron chi connectivity index (χ0n) is 9.69. The van der Waals surface area contributed by atoms with Crippen LogP contribution in [-0.4, -0.2) is 29.4 Å². The first-order valence-corrected chi connectivity index (χ1v) is 5.87. The lowest BCUT2D eigenvalue weighted by Gasteiger charge is -2.10. The van der Waals surface area contributed by atoms with Crippen LogP contribution in [0.2, 0.25) is 0 Å². The van der Waals surface area contributed by atoms with E-state index < -0.39 is 0 Å². The fourth-order valence-electron chi connectivity index (χ4n) is 2.17. The van der Waals surface area contributed by atoms with E-state index in [4.69, 9.17) is 0 Å². The van der Waals surface area contributed by atoms with Crippen molar-refractivity contribution in [3.05, 3.63) is 36.0 Å². The van der Waals surface area contributed by atoms with Crippen molar-refractivity contribution in [1.29, 1.82) is 0 Å². The number of carbonyl (C=O) groups excluding carboxylic acids is 2. The molecule has 2 amide bonds. The van der Waals surface area contributed by atoms with Crippen LogP contribution in [0, 0.1) is 0 Å². The Morgan fingerprint density at radius 3 is 3.00 bits per heavy atom. The Bertz CT molecular complexity index is 617. The maximum Gasteiger partial charge on any atom is 0.251 e. The van der Waals surface area contributed by atoms with E-state index in [1.807, 2.05) is 24.4 Å². The third kappa shape index (κ3) is 1.95. The molecule has 92 valence electrons. The fourth-order valence-corrected chi connectivity index (χ4v) is 2.17. The summed E-state index contributed by atoms with van der Waals surface area (Å²) in [5.41, 5.74) is 1.53. The molecule has 5 nitrogen and oxygen atoms in total. The minimum Gasteiger partial charge on any atom is -0.361 e. The average molecular weight is 243 g/mol. The Morgan fingerprint density at radius 1 is 1.33 bits per heavy atom. The number of carbonyl (C=O) groups is 2. The molecule has 1 saturated heterocycles. The Labute approximate surface area is 104 Å². The Morgan fingerprint density at radius 2 is 2.22 bits per heavy atom. The van der Waals surface area contributed by atoms with E-state index >= 15 is 0 Å². The van der Waals surface area contributed by atoms with E-state index in [9.17, 15) is 9.59 Å². The van der Waals surface area contributed by atoms with Crippen molar-refractivity contribution in [2.45, 2.75) is 12.5 Å². The van der Waals surface area contributed by atoms with E-state index in [0.717, 1.165) is 10.9 Å². The summed E-state index contributed by atoms with van der Waals surface area (Å²) in [6.07, 6.45) is 2.20. The first-order valence-electron chi connectivity index (χ1n) is 5.87. The van der Waals surface area contributed by atoms with Gasteiger partial charge in [0.25, 0.3) is 5.91 Å². The van der Waals surface area contributed by atoms with Gasteiger partial charge in [-0.1, -0.05) is 6.07 Å². The lowest BCUT2D eigenvalue weighted by molar-refractivity contribution is -0.119. The van der Waals surface area contributed by atoms with E-state index in [0.29, 0.717) is 18.5 Å². The number of hydrogen-bond acceptors (Lipinski definition) is 2. The molecule has 1 aliphatic rings. The second-order valence-corrected chi connectivity index (χ2v) is 4.46. The number of nitrogens with one attached hydrogen (secondary N) is 3. The Hall–Kier alpha value is -2.30. The number of aromatic nitrogens is 1. The highest BCUT2D eigenvalue weighted by atomic mass is 16.2. The van der Waals surface area contributed by atoms with Crippen LogP contribution in [0.1, 0.15) is 16.8 Å². The zero-order chi connectivity index (χ0) is 12.5. The number of rotatable bonds is 2. The van der Waals surface area contributed by atoms with Crippen molar-refractivity contribution in [2.75, 3.05) is 6.54 Å². The van der Waals surface area contributed by atoms with Crippen molar-refractivity contribution >= 4 is 22.7 Å². The standard InChI is InChI=1S/C13H13N3O2/c17-12-6-10(7-15-12)16-13(18)9-2-1-8-3-4-14-11(8)5-9/h1-5,10,14H,6-7H2,(H,15,17)(H,16,18). The number of benzene rings is 1. The van der Waals surface area contributed by atoms with Crippen LogP contribution in [0.5, 0.6) is 0 Å². The van der Waals surface area contributed by atoms with Crippen LogP contribution >= 0.6 is 0 Å². The molecule has 18 heavy (non-hydrogen) atoms. The van der Waals surface area contributed by atoms with Crippen LogP contribution in [0.15, 0.2) is 30.5 Å². The van der Waals surface area contributed by atoms with Gasteiger partial charge in [0.05, 0.1) is 6.04 Å². The molecule has 1 aromatic heterocycles. The summed E-state index contributed by atoms with van der Waals surface area (Å²) in [7, 11) is 0. The summed E-state index contributed by atoms with van der Waals surface area (Å²) >= 11 is 0. The molecule has 3 N–H and O–H groups in total. The minimum absolute atomic E-state index is 0.0138. The van der Waals surface area contributed by atoms with Crippen molar-refractivity contribution in [2.24, 2.45) is 0 Å². The quantitative estimate of drug-likeness (QED) is 0.729. The predicted octanol–water partition coefficient (Wildman–Crippen LogP) is 0.786. The summed E-state index contributed by atoms with van der Waals surface area (Å²) in [6.45, 7) is 0.509. The van der Waals surface area contributed by atoms with Gasteiger partial charge in [-0.25, -0.2) is 0 Å². The molecule has 3 rings (SSSR count). The van der Waals surface area contributed by atoms with Gasteiger partial charge in [-0.05, 0) is 23.6 Å². The normalized spacial score (nSPS) is 18.9. The molecule has 1 aromatic carbocycles. The van der Waals surface area contributed by atoms with Gasteiger partial charge in [-0.15, -0.1) is 0 Å². The van der Waals surface area contributed by atoms with Gasteiger partial charge in [0.1, 0.15) is 0 Å². The molecule has 0 radical (unpaired) electrons. The molecule has 1 unspecified atom stereocenters. The maximum absolute atomic E-state index is 12.0. The van der Waals surface area contributed by atoms with Gasteiger partial charge in [0, 0.05) is 30.2 Å². The zero-order valence-corrected chi connectivity index (χ0v) is 9.69. The lowest BCUT2D eigenvalue weighted by Crippen LogP contribution is -2.36. The predicted molar refractivity (Wildman–Crippen MR) is 67.2 cm³/mol. The monoisotopic (exact) mass is 243 g/mol. The second kappa shape index (κ2) is 4.18. The largest absolute Gasteiger partial charge is 0.361 e. The highest BCUT2D eigenvalue weighted by Gasteiger charge is 2.23. The molecular weight excluding hydrogens is 230 g/mol. The summed E-state index contributed by atoms with van der Waals surface area (Å²) in [6, 6.07) is 7.35. The molecule has 0 saturated carbocycles. The summed E-state index contributed by atoms with van der Waals surface area (Å²) in [5, 5.41) is 6.61. The van der Waals surface area contributed by atoms with Crippen LogP contribution in [0.3, 0.4) is 0 Å².